The summed E-state index contributed by atoms with van der Waals surface area (Å²) in [6.45, 7) is 5.52. The van der Waals surface area contributed by atoms with E-state index < -0.39 is 17.9 Å². The van der Waals surface area contributed by atoms with E-state index in [1.165, 1.54) is 10.6 Å². The molecule has 0 aliphatic rings. The molecule has 8 nitrogen and oxygen atoms in total. The molecule has 1 unspecified atom stereocenters. The first-order valence-corrected chi connectivity index (χ1v) is 7.88. The van der Waals surface area contributed by atoms with E-state index in [2.05, 4.69) is 11.9 Å². The van der Waals surface area contributed by atoms with Gasteiger partial charge in [0.25, 0.3) is 0 Å². The van der Waals surface area contributed by atoms with Crippen LogP contribution in [0.3, 0.4) is 0 Å². The molecule has 0 bridgehead atoms. The minimum Gasteiger partial charge on any atom is -0.480 e. The molecule has 2 aromatic rings. The van der Waals surface area contributed by atoms with Crippen molar-refractivity contribution in [3.8, 4) is 0 Å². The molecule has 0 aliphatic carbocycles. The zero-order valence-corrected chi connectivity index (χ0v) is 14.0. The standard InChI is InChI=1S/C17H21N3O5/c1-3-9-25-11-12(16(22)23)18-15(21)10-20-14-8-6-5-7-13(14)19(4-2)17(20)24/h3,5-8,12H,1,4,9-11H2,2H3,(H,18,21)(H,22,23). The van der Waals surface area contributed by atoms with Crippen molar-refractivity contribution in [3.63, 3.8) is 0 Å². The zero-order valence-electron chi connectivity index (χ0n) is 14.0. The van der Waals surface area contributed by atoms with Crippen LogP contribution in [0.15, 0.2) is 41.7 Å². The highest BCUT2D eigenvalue weighted by molar-refractivity contribution is 5.85. The van der Waals surface area contributed by atoms with Gasteiger partial charge in [0.2, 0.25) is 5.91 Å². The number of amides is 1. The molecule has 0 aliphatic heterocycles. The first kappa shape index (κ1) is 18.5. The van der Waals surface area contributed by atoms with Crippen LogP contribution in [0.5, 0.6) is 0 Å². The molecule has 1 amide bonds. The Bertz CT molecular complexity index is 836. The number of carboxylic acid groups (broad SMARTS) is 1. The molecule has 0 fully saturated rings. The van der Waals surface area contributed by atoms with Gasteiger partial charge in [0, 0.05) is 6.54 Å². The fourth-order valence-corrected chi connectivity index (χ4v) is 2.56. The third-order valence-electron chi connectivity index (χ3n) is 3.70. The van der Waals surface area contributed by atoms with E-state index in [-0.39, 0.29) is 25.4 Å². The molecule has 0 saturated carbocycles. The third-order valence-corrected chi connectivity index (χ3v) is 3.70. The predicted molar refractivity (Wildman–Crippen MR) is 92.5 cm³/mol. The molecule has 25 heavy (non-hydrogen) atoms. The van der Waals surface area contributed by atoms with Crippen LogP contribution in [-0.2, 0) is 27.4 Å². The van der Waals surface area contributed by atoms with Crippen molar-refractivity contribution in [2.45, 2.75) is 26.1 Å². The second-order valence-electron chi connectivity index (χ2n) is 5.39. The van der Waals surface area contributed by atoms with Crippen LogP contribution in [0.2, 0.25) is 0 Å². The Morgan fingerprint density at radius 1 is 1.32 bits per heavy atom. The number of ether oxygens (including phenoxy) is 1. The predicted octanol–water partition coefficient (Wildman–Crippen LogP) is 0.595. The number of hydrogen-bond donors (Lipinski definition) is 2. The Kier molecular flexibility index (Phi) is 6.13. The Morgan fingerprint density at radius 3 is 2.52 bits per heavy atom. The number of benzene rings is 1. The Balaban J connectivity index is 2.18. The number of aryl methyl sites for hydroxylation is 1. The topological polar surface area (TPSA) is 103 Å². The number of rotatable bonds is 9. The number of aromatic nitrogens is 2. The molecular formula is C17H21N3O5. The molecular weight excluding hydrogens is 326 g/mol. The van der Waals surface area contributed by atoms with E-state index in [4.69, 9.17) is 9.84 Å². The van der Waals surface area contributed by atoms with Crippen LogP contribution in [0.1, 0.15) is 6.92 Å². The maximum atomic E-state index is 12.5. The average molecular weight is 347 g/mol. The number of fused-ring (bicyclic) bond motifs is 1. The molecule has 2 N–H and O–H groups in total. The van der Waals surface area contributed by atoms with Crippen LogP contribution in [0, 0.1) is 0 Å². The summed E-state index contributed by atoms with van der Waals surface area (Å²) in [5.74, 6) is -1.78. The molecule has 0 radical (unpaired) electrons. The maximum absolute atomic E-state index is 12.5. The number of carbonyl (C=O) groups is 2. The van der Waals surface area contributed by atoms with Crippen molar-refractivity contribution in [2.75, 3.05) is 13.2 Å². The highest BCUT2D eigenvalue weighted by atomic mass is 16.5. The summed E-state index contributed by atoms with van der Waals surface area (Å²) in [7, 11) is 0. The molecule has 1 aromatic carbocycles. The molecule has 134 valence electrons. The minimum atomic E-state index is -1.21. The lowest BCUT2D eigenvalue weighted by Crippen LogP contribution is -2.46. The van der Waals surface area contributed by atoms with Crippen molar-refractivity contribution >= 4 is 22.9 Å². The first-order valence-electron chi connectivity index (χ1n) is 7.88. The van der Waals surface area contributed by atoms with Crippen molar-refractivity contribution in [1.82, 2.24) is 14.5 Å². The fraction of sp³-hybridized carbons (Fsp3) is 0.353. The first-order chi connectivity index (χ1) is 12.0. The van der Waals surface area contributed by atoms with Crippen molar-refractivity contribution in [1.29, 1.82) is 0 Å². The number of carbonyl (C=O) groups excluding carboxylic acids is 1. The van der Waals surface area contributed by atoms with Gasteiger partial charge in [-0.25, -0.2) is 9.59 Å². The van der Waals surface area contributed by atoms with Gasteiger partial charge in [0.15, 0.2) is 6.04 Å². The molecule has 1 atom stereocenters. The molecule has 1 aromatic heterocycles. The number of carboxylic acids is 1. The van der Waals surface area contributed by atoms with Gasteiger partial charge in [0.05, 0.1) is 24.2 Å². The summed E-state index contributed by atoms with van der Waals surface area (Å²) in [6.07, 6.45) is 1.49. The molecule has 1 heterocycles. The minimum absolute atomic E-state index is 0.182. The summed E-state index contributed by atoms with van der Waals surface area (Å²) in [6, 6.07) is 5.95. The number of imidazole rings is 1. The van der Waals surface area contributed by atoms with Gasteiger partial charge in [-0.1, -0.05) is 18.2 Å². The van der Waals surface area contributed by atoms with Crippen LogP contribution in [0.25, 0.3) is 11.0 Å². The van der Waals surface area contributed by atoms with Crippen LogP contribution < -0.4 is 11.0 Å². The Morgan fingerprint density at radius 2 is 1.96 bits per heavy atom. The zero-order chi connectivity index (χ0) is 18.4. The van der Waals surface area contributed by atoms with Crippen LogP contribution in [-0.4, -0.2) is 45.4 Å². The normalized spacial score (nSPS) is 12.0. The van der Waals surface area contributed by atoms with Gasteiger partial charge < -0.3 is 15.2 Å². The molecule has 0 spiro atoms. The average Bonchev–Trinajstić information content (AvgIpc) is 2.85. The smallest absolute Gasteiger partial charge is 0.329 e. The molecule has 8 heteroatoms. The number of aliphatic carboxylic acids is 1. The summed E-state index contributed by atoms with van der Waals surface area (Å²) < 4.78 is 7.98. The maximum Gasteiger partial charge on any atom is 0.329 e. The van der Waals surface area contributed by atoms with E-state index in [1.54, 1.807) is 22.8 Å². The molecule has 2 rings (SSSR count). The van der Waals surface area contributed by atoms with Crippen molar-refractivity contribution < 1.29 is 19.4 Å². The highest BCUT2D eigenvalue weighted by Gasteiger charge is 2.21. The van der Waals surface area contributed by atoms with Crippen molar-refractivity contribution in [3.05, 3.63) is 47.4 Å². The lowest BCUT2D eigenvalue weighted by Gasteiger charge is -2.14. The van der Waals surface area contributed by atoms with Gasteiger partial charge in [-0.3, -0.25) is 13.9 Å². The summed E-state index contributed by atoms with van der Waals surface area (Å²) >= 11 is 0. The van der Waals surface area contributed by atoms with E-state index in [9.17, 15) is 14.4 Å². The van der Waals surface area contributed by atoms with Crippen LogP contribution in [0.4, 0.5) is 0 Å². The van der Waals surface area contributed by atoms with E-state index >= 15 is 0 Å². The summed E-state index contributed by atoms with van der Waals surface area (Å²) in [4.78, 5) is 35.9. The van der Waals surface area contributed by atoms with Crippen molar-refractivity contribution in [2.24, 2.45) is 0 Å². The van der Waals surface area contributed by atoms with E-state index in [0.29, 0.717) is 12.1 Å². The van der Waals surface area contributed by atoms with E-state index in [1.807, 2.05) is 13.0 Å². The SMILES string of the molecule is C=CCOCC(NC(=O)Cn1c(=O)n(CC)c2ccccc21)C(=O)O. The number of para-hydroxylation sites is 2. The number of hydrogen-bond acceptors (Lipinski definition) is 4. The third kappa shape index (κ3) is 4.16. The number of nitrogens with one attached hydrogen (secondary N) is 1. The van der Waals surface area contributed by atoms with Gasteiger partial charge in [-0.15, -0.1) is 6.58 Å². The van der Waals surface area contributed by atoms with Gasteiger partial charge in [-0.05, 0) is 19.1 Å². The second-order valence-corrected chi connectivity index (χ2v) is 5.39. The Labute approximate surface area is 144 Å². The van der Waals surface area contributed by atoms with Gasteiger partial charge in [0.1, 0.15) is 6.54 Å². The summed E-state index contributed by atoms with van der Waals surface area (Å²) in [5, 5.41) is 11.5. The highest BCUT2D eigenvalue weighted by Crippen LogP contribution is 2.12. The lowest BCUT2D eigenvalue weighted by molar-refractivity contribution is -0.143. The van der Waals surface area contributed by atoms with Gasteiger partial charge >= 0.3 is 11.7 Å². The monoisotopic (exact) mass is 347 g/mol. The van der Waals surface area contributed by atoms with E-state index in [0.717, 1.165) is 5.52 Å². The quantitative estimate of drug-likeness (QED) is 0.511. The largest absolute Gasteiger partial charge is 0.480 e. The lowest BCUT2D eigenvalue weighted by atomic mass is 10.3. The fourth-order valence-electron chi connectivity index (χ4n) is 2.56. The Hall–Kier alpha value is -2.87. The number of nitrogens with zero attached hydrogens (tertiary/aromatic N) is 2. The molecule has 0 saturated heterocycles. The second kappa shape index (κ2) is 8.29. The summed E-state index contributed by atoms with van der Waals surface area (Å²) in [5.41, 5.74) is 1.04. The van der Waals surface area contributed by atoms with Crippen LogP contribution >= 0.6 is 0 Å². The van der Waals surface area contributed by atoms with Gasteiger partial charge in [-0.2, -0.15) is 0 Å².